The number of nitrogens with one attached hydrogen (secondary N) is 1. The van der Waals surface area contributed by atoms with E-state index >= 15 is 0 Å². The van der Waals surface area contributed by atoms with Crippen LogP contribution in [0.5, 0.6) is 0 Å². The number of thioether (sulfide) groups is 1. The number of carbonyl (C=O) groups excluding carboxylic acids is 1. The van der Waals surface area contributed by atoms with Crippen LogP contribution in [0, 0.1) is 6.92 Å². The Labute approximate surface area is 217 Å². The number of nitrogens with zero attached hydrogens (tertiary/aromatic N) is 5. The van der Waals surface area contributed by atoms with Gasteiger partial charge in [0.1, 0.15) is 10.7 Å². The molecule has 1 N–H and O–H groups in total. The second-order valence-corrected chi connectivity index (χ2v) is 10.1. The molecule has 5 rings (SSSR count). The van der Waals surface area contributed by atoms with Crippen LogP contribution >= 0.6 is 23.1 Å². The lowest BCUT2D eigenvalue weighted by Crippen LogP contribution is -2.26. The summed E-state index contributed by atoms with van der Waals surface area (Å²) in [6.07, 6.45) is 3.50. The third-order valence-electron chi connectivity index (χ3n) is 5.68. The molecule has 9 heteroatoms. The predicted octanol–water partition coefficient (Wildman–Crippen LogP) is 5.88. The number of para-hydroxylation sites is 1. The van der Waals surface area contributed by atoms with Crippen molar-refractivity contribution in [1.29, 1.82) is 0 Å². The summed E-state index contributed by atoms with van der Waals surface area (Å²) in [4.78, 5) is 21.4. The van der Waals surface area contributed by atoms with Gasteiger partial charge < -0.3 is 5.32 Å². The van der Waals surface area contributed by atoms with Crippen molar-refractivity contribution in [2.75, 3.05) is 0 Å². The SMILES string of the molecule is Cc1ccccc1-n1c(SCc2nc(C(=O)NC(C)c3ccccc3)cs2)nnc1-c1ccncc1. The van der Waals surface area contributed by atoms with E-state index in [9.17, 15) is 4.79 Å². The zero-order chi connectivity index (χ0) is 24.9. The van der Waals surface area contributed by atoms with Gasteiger partial charge in [0.25, 0.3) is 5.91 Å². The minimum absolute atomic E-state index is 0.0995. The second kappa shape index (κ2) is 10.8. The summed E-state index contributed by atoms with van der Waals surface area (Å²) < 4.78 is 2.07. The van der Waals surface area contributed by atoms with Crippen molar-refractivity contribution in [2.24, 2.45) is 0 Å². The highest BCUT2D eigenvalue weighted by Crippen LogP contribution is 2.31. The van der Waals surface area contributed by atoms with Gasteiger partial charge in [-0.2, -0.15) is 0 Å². The first-order valence-corrected chi connectivity index (χ1v) is 13.3. The number of thiazole rings is 1. The molecular weight excluding hydrogens is 488 g/mol. The molecule has 0 saturated carbocycles. The molecule has 1 unspecified atom stereocenters. The Kier molecular flexibility index (Phi) is 7.20. The lowest BCUT2D eigenvalue weighted by molar-refractivity contribution is 0.0935. The molecule has 0 bridgehead atoms. The number of aryl methyl sites for hydroxylation is 1. The van der Waals surface area contributed by atoms with Gasteiger partial charge in [-0.3, -0.25) is 14.3 Å². The van der Waals surface area contributed by atoms with Crippen molar-refractivity contribution in [2.45, 2.75) is 30.8 Å². The maximum atomic E-state index is 12.7. The van der Waals surface area contributed by atoms with Crippen molar-refractivity contribution in [1.82, 2.24) is 30.0 Å². The first-order chi connectivity index (χ1) is 17.6. The first-order valence-electron chi connectivity index (χ1n) is 11.4. The van der Waals surface area contributed by atoms with Crippen molar-refractivity contribution < 1.29 is 4.79 Å². The van der Waals surface area contributed by atoms with E-state index in [1.165, 1.54) is 11.3 Å². The molecule has 3 aromatic heterocycles. The number of benzene rings is 2. The highest BCUT2D eigenvalue weighted by molar-refractivity contribution is 7.98. The molecule has 1 atom stereocenters. The van der Waals surface area contributed by atoms with Crippen LogP contribution < -0.4 is 5.32 Å². The molecule has 0 saturated heterocycles. The molecule has 5 aromatic rings. The number of hydrogen-bond donors (Lipinski definition) is 1. The van der Waals surface area contributed by atoms with E-state index in [1.54, 1.807) is 29.5 Å². The fourth-order valence-corrected chi connectivity index (χ4v) is 5.52. The van der Waals surface area contributed by atoms with E-state index in [-0.39, 0.29) is 11.9 Å². The van der Waals surface area contributed by atoms with Gasteiger partial charge in [-0.25, -0.2) is 4.98 Å². The Bertz CT molecular complexity index is 1470. The van der Waals surface area contributed by atoms with Crippen LogP contribution in [0.3, 0.4) is 0 Å². The summed E-state index contributed by atoms with van der Waals surface area (Å²) in [7, 11) is 0. The molecule has 0 radical (unpaired) electrons. The maximum absolute atomic E-state index is 12.7. The summed E-state index contributed by atoms with van der Waals surface area (Å²) in [5, 5.41) is 15.4. The monoisotopic (exact) mass is 512 g/mol. The fourth-order valence-electron chi connectivity index (χ4n) is 3.79. The van der Waals surface area contributed by atoms with Crippen molar-refractivity contribution >= 4 is 29.0 Å². The molecule has 0 aliphatic heterocycles. The van der Waals surface area contributed by atoms with E-state index < -0.39 is 0 Å². The molecule has 0 aliphatic carbocycles. The van der Waals surface area contributed by atoms with Gasteiger partial charge >= 0.3 is 0 Å². The van der Waals surface area contributed by atoms with Gasteiger partial charge in [0.05, 0.1) is 17.5 Å². The molecule has 0 spiro atoms. The molecule has 0 aliphatic rings. The quantitative estimate of drug-likeness (QED) is 0.262. The average Bonchev–Trinajstić information content (AvgIpc) is 3.56. The van der Waals surface area contributed by atoms with Crippen LogP contribution in [-0.4, -0.2) is 30.6 Å². The van der Waals surface area contributed by atoms with E-state index in [0.29, 0.717) is 11.4 Å². The molecule has 2 aromatic carbocycles. The lowest BCUT2D eigenvalue weighted by Gasteiger charge is -2.13. The number of aromatic nitrogens is 5. The Morgan fingerprint density at radius 3 is 2.56 bits per heavy atom. The van der Waals surface area contributed by atoms with E-state index in [2.05, 4.69) is 49.1 Å². The third-order valence-corrected chi connectivity index (χ3v) is 7.66. The largest absolute Gasteiger partial charge is 0.344 e. The minimum Gasteiger partial charge on any atom is -0.344 e. The van der Waals surface area contributed by atoms with Crippen LogP contribution in [0.4, 0.5) is 0 Å². The van der Waals surface area contributed by atoms with Gasteiger partial charge in [-0.05, 0) is 43.2 Å². The number of rotatable bonds is 8. The maximum Gasteiger partial charge on any atom is 0.271 e. The molecule has 180 valence electrons. The summed E-state index contributed by atoms with van der Waals surface area (Å²) in [5.74, 6) is 1.15. The van der Waals surface area contributed by atoms with Gasteiger partial charge in [0.2, 0.25) is 0 Å². The lowest BCUT2D eigenvalue weighted by atomic mass is 10.1. The average molecular weight is 513 g/mol. The summed E-state index contributed by atoms with van der Waals surface area (Å²) in [6.45, 7) is 4.04. The van der Waals surface area contributed by atoms with Gasteiger partial charge in [0, 0.05) is 23.3 Å². The zero-order valence-corrected chi connectivity index (χ0v) is 21.5. The van der Waals surface area contributed by atoms with E-state index in [1.807, 2.05) is 61.5 Å². The van der Waals surface area contributed by atoms with Crippen LogP contribution in [0.15, 0.2) is 89.7 Å². The Morgan fingerprint density at radius 1 is 1.03 bits per heavy atom. The topological polar surface area (TPSA) is 85.6 Å². The van der Waals surface area contributed by atoms with Gasteiger partial charge in [-0.1, -0.05) is 60.3 Å². The van der Waals surface area contributed by atoms with Gasteiger partial charge in [-0.15, -0.1) is 21.5 Å². The number of hydrogen-bond acceptors (Lipinski definition) is 7. The number of carbonyl (C=O) groups is 1. The summed E-state index contributed by atoms with van der Waals surface area (Å²) >= 11 is 3.01. The Balaban J connectivity index is 1.34. The predicted molar refractivity (Wildman–Crippen MR) is 143 cm³/mol. The molecule has 3 heterocycles. The molecule has 36 heavy (non-hydrogen) atoms. The Morgan fingerprint density at radius 2 is 1.78 bits per heavy atom. The van der Waals surface area contributed by atoms with Crippen LogP contribution in [0.1, 0.15) is 39.6 Å². The molecule has 7 nitrogen and oxygen atoms in total. The van der Waals surface area contributed by atoms with E-state index in [0.717, 1.165) is 38.4 Å². The Hall–Kier alpha value is -3.82. The summed E-state index contributed by atoms with van der Waals surface area (Å²) in [5.41, 5.74) is 4.56. The van der Waals surface area contributed by atoms with Crippen molar-refractivity contribution in [3.63, 3.8) is 0 Å². The number of amides is 1. The first kappa shape index (κ1) is 23.9. The normalized spacial score (nSPS) is 11.8. The van der Waals surface area contributed by atoms with Crippen molar-refractivity contribution in [3.05, 3.63) is 106 Å². The fraction of sp³-hybridized carbons (Fsp3) is 0.148. The molecular formula is C27H24N6OS2. The highest BCUT2D eigenvalue weighted by atomic mass is 32.2. The molecule has 0 fully saturated rings. The van der Waals surface area contributed by atoms with E-state index in [4.69, 9.17) is 0 Å². The standard InChI is InChI=1S/C27H24N6OS2/c1-18-8-6-7-11-23(18)33-25(21-12-14-28-15-13-21)31-32-27(33)36-17-24-30-22(16-35-24)26(34)29-19(2)20-9-4-3-5-10-20/h3-16,19H,17H2,1-2H3,(H,29,34). The number of pyridine rings is 1. The van der Waals surface area contributed by atoms with Crippen molar-refractivity contribution in [3.8, 4) is 17.1 Å². The highest BCUT2D eigenvalue weighted by Gasteiger charge is 2.19. The zero-order valence-electron chi connectivity index (χ0n) is 19.8. The molecule has 1 amide bonds. The smallest absolute Gasteiger partial charge is 0.271 e. The summed E-state index contributed by atoms with van der Waals surface area (Å²) in [6, 6.07) is 21.8. The second-order valence-electron chi connectivity index (χ2n) is 8.18. The minimum atomic E-state index is -0.179. The third kappa shape index (κ3) is 5.22. The van der Waals surface area contributed by atoms with Crippen LogP contribution in [0.25, 0.3) is 17.1 Å². The van der Waals surface area contributed by atoms with Crippen LogP contribution in [0.2, 0.25) is 0 Å². The van der Waals surface area contributed by atoms with Gasteiger partial charge in [0.15, 0.2) is 11.0 Å². The van der Waals surface area contributed by atoms with Crippen LogP contribution in [-0.2, 0) is 5.75 Å².